The van der Waals surface area contributed by atoms with Gasteiger partial charge in [-0.05, 0) is 54.4 Å². The molecule has 0 spiro atoms. The van der Waals surface area contributed by atoms with Gasteiger partial charge < -0.3 is 15.4 Å². The van der Waals surface area contributed by atoms with E-state index in [1.807, 2.05) is 24.3 Å². The van der Waals surface area contributed by atoms with Gasteiger partial charge in [-0.1, -0.05) is 23.7 Å². The molecule has 0 aliphatic carbocycles. The largest absolute Gasteiger partial charge is 0.465 e. The van der Waals surface area contributed by atoms with Gasteiger partial charge in [-0.15, -0.1) is 0 Å². The molecule has 0 aliphatic rings. The summed E-state index contributed by atoms with van der Waals surface area (Å²) in [5.41, 5.74) is 2.50. The molecule has 0 aliphatic heterocycles. The molecule has 1 aromatic heterocycles. The first kappa shape index (κ1) is 18.7. The Kier molecular flexibility index (Phi) is 6.22. The monoisotopic (exact) mass is 382 g/mol. The van der Waals surface area contributed by atoms with Gasteiger partial charge in [0.2, 0.25) is 5.95 Å². The molecule has 3 aromatic rings. The standard InChI is InChI=1S/C20H19ClN4O2/c1-27-19(26)15-4-8-17(9-5-15)24-18-11-13-23-20(25-18)22-12-10-14-2-6-16(21)7-3-14/h2-9,11,13H,10,12H2,1H3,(H2,22,23,24,25). The molecule has 0 unspecified atom stereocenters. The van der Waals surface area contributed by atoms with Gasteiger partial charge in [-0.3, -0.25) is 0 Å². The van der Waals surface area contributed by atoms with Gasteiger partial charge in [0.25, 0.3) is 0 Å². The Morgan fingerprint density at radius 2 is 1.81 bits per heavy atom. The predicted octanol–water partition coefficient (Wildman–Crippen LogP) is 4.31. The van der Waals surface area contributed by atoms with Crippen molar-refractivity contribution < 1.29 is 9.53 Å². The number of rotatable bonds is 7. The molecule has 27 heavy (non-hydrogen) atoms. The molecule has 0 saturated heterocycles. The van der Waals surface area contributed by atoms with E-state index < -0.39 is 0 Å². The van der Waals surface area contributed by atoms with Crippen LogP contribution in [0.1, 0.15) is 15.9 Å². The number of methoxy groups -OCH3 is 1. The summed E-state index contributed by atoms with van der Waals surface area (Å²) in [4.78, 5) is 20.1. The predicted molar refractivity (Wildman–Crippen MR) is 107 cm³/mol. The highest BCUT2D eigenvalue weighted by Crippen LogP contribution is 2.16. The fourth-order valence-electron chi connectivity index (χ4n) is 2.44. The first-order valence-electron chi connectivity index (χ1n) is 8.41. The van der Waals surface area contributed by atoms with E-state index in [1.165, 1.54) is 12.7 Å². The Morgan fingerprint density at radius 3 is 2.52 bits per heavy atom. The van der Waals surface area contributed by atoms with Gasteiger partial charge in [0.1, 0.15) is 5.82 Å². The van der Waals surface area contributed by atoms with E-state index >= 15 is 0 Å². The molecular formula is C20H19ClN4O2. The maximum absolute atomic E-state index is 11.5. The van der Waals surface area contributed by atoms with Crippen LogP contribution in [0, 0.1) is 0 Å². The fraction of sp³-hybridized carbons (Fsp3) is 0.150. The number of esters is 1. The molecule has 3 rings (SSSR count). The third kappa shape index (κ3) is 5.43. The van der Waals surface area contributed by atoms with Gasteiger partial charge in [0, 0.05) is 23.5 Å². The van der Waals surface area contributed by atoms with Crippen molar-refractivity contribution in [2.45, 2.75) is 6.42 Å². The van der Waals surface area contributed by atoms with Crippen LogP contribution in [-0.4, -0.2) is 29.6 Å². The van der Waals surface area contributed by atoms with Crippen LogP contribution in [0.15, 0.2) is 60.8 Å². The Labute approximate surface area is 162 Å². The summed E-state index contributed by atoms with van der Waals surface area (Å²) in [5.74, 6) is 0.834. The first-order chi connectivity index (χ1) is 13.1. The number of benzene rings is 2. The molecular weight excluding hydrogens is 364 g/mol. The van der Waals surface area contributed by atoms with E-state index in [-0.39, 0.29) is 5.97 Å². The zero-order valence-electron chi connectivity index (χ0n) is 14.8. The van der Waals surface area contributed by atoms with E-state index in [4.69, 9.17) is 16.3 Å². The van der Waals surface area contributed by atoms with E-state index in [0.717, 1.165) is 17.1 Å². The highest BCUT2D eigenvalue weighted by molar-refractivity contribution is 6.30. The number of nitrogens with zero attached hydrogens (tertiary/aromatic N) is 2. The number of halogens is 1. The second kappa shape index (κ2) is 9.00. The Hall–Kier alpha value is -3.12. The third-order valence-electron chi connectivity index (χ3n) is 3.84. The van der Waals surface area contributed by atoms with Gasteiger partial charge >= 0.3 is 5.97 Å². The summed E-state index contributed by atoms with van der Waals surface area (Å²) in [5, 5.41) is 7.12. The average molecular weight is 383 g/mol. The van der Waals surface area contributed by atoms with Crippen LogP contribution >= 0.6 is 11.6 Å². The maximum atomic E-state index is 11.5. The van der Waals surface area contributed by atoms with E-state index in [9.17, 15) is 4.79 Å². The normalized spacial score (nSPS) is 10.3. The topological polar surface area (TPSA) is 76.1 Å². The molecule has 7 heteroatoms. The lowest BCUT2D eigenvalue weighted by Gasteiger charge is -2.09. The summed E-state index contributed by atoms with van der Waals surface area (Å²) >= 11 is 5.89. The van der Waals surface area contributed by atoms with Gasteiger partial charge in [0.05, 0.1) is 12.7 Å². The van der Waals surface area contributed by atoms with Crippen LogP contribution in [-0.2, 0) is 11.2 Å². The summed E-state index contributed by atoms with van der Waals surface area (Å²) in [6.07, 6.45) is 2.52. The quantitative estimate of drug-likeness (QED) is 0.593. The number of anilines is 3. The zero-order chi connectivity index (χ0) is 19.1. The molecule has 0 fully saturated rings. The highest BCUT2D eigenvalue weighted by atomic mass is 35.5. The Balaban J connectivity index is 1.56. The lowest BCUT2D eigenvalue weighted by molar-refractivity contribution is 0.0601. The number of carbonyl (C=O) groups excluding carboxylic acids is 1. The summed E-state index contributed by atoms with van der Waals surface area (Å²) in [6.45, 7) is 0.707. The van der Waals surface area contributed by atoms with Crippen LogP contribution in [0.25, 0.3) is 0 Å². The fourth-order valence-corrected chi connectivity index (χ4v) is 2.56. The number of aromatic nitrogens is 2. The summed E-state index contributed by atoms with van der Waals surface area (Å²) < 4.78 is 4.69. The zero-order valence-corrected chi connectivity index (χ0v) is 15.5. The van der Waals surface area contributed by atoms with Crippen LogP contribution in [0.5, 0.6) is 0 Å². The summed E-state index contributed by atoms with van der Waals surface area (Å²) in [6, 6.07) is 16.5. The van der Waals surface area contributed by atoms with Gasteiger partial charge in [-0.25, -0.2) is 9.78 Å². The molecule has 0 amide bonds. The SMILES string of the molecule is COC(=O)c1ccc(Nc2ccnc(NCCc3ccc(Cl)cc3)n2)cc1. The second-order valence-electron chi connectivity index (χ2n) is 5.76. The molecule has 0 radical (unpaired) electrons. The van der Waals surface area contributed by atoms with Crippen molar-refractivity contribution in [2.24, 2.45) is 0 Å². The van der Waals surface area contributed by atoms with Crippen LogP contribution in [0.4, 0.5) is 17.5 Å². The lowest BCUT2D eigenvalue weighted by Crippen LogP contribution is -2.08. The van der Waals surface area contributed by atoms with E-state index in [1.54, 1.807) is 36.5 Å². The molecule has 0 bridgehead atoms. The molecule has 2 aromatic carbocycles. The molecule has 138 valence electrons. The Morgan fingerprint density at radius 1 is 1.07 bits per heavy atom. The number of hydrogen-bond acceptors (Lipinski definition) is 6. The van der Waals surface area contributed by atoms with Crippen molar-refractivity contribution in [2.75, 3.05) is 24.3 Å². The number of hydrogen-bond donors (Lipinski definition) is 2. The molecule has 0 saturated carbocycles. The van der Waals surface area contributed by atoms with Crippen molar-refractivity contribution >= 4 is 35.0 Å². The van der Waals surface area contributed by atoms with Crippen molar-refractivity contribution in [3.8, 4) is 0 Å². The van der Waals surface area contributed by atoms with E-state index in [2.05, 4.69) is 20.6 Å². The Bertz CT molecular complexity index is 899. The maximum Gasteiger partial charge on any atom is 0.337 e. The molecule has 1 heterocycles. The van der Waals surface area contributed by atoms with Crippen LogP contribution < -0.4 is 10.6 Å². The van der Waals surface area contributed by atoms with Crippen molar-refractivity contribution in [3.63, 3.8) is 0 Å². The smallest absolute Gasteiger partial charge is 0.337 e. The highest BCUT2D eigenvalue weighted by Gasteiger charge is 2.05. The van der Waals surface area contributed by atoms with Crippen molar-refractivity contribution in [1.82, 2.24) is 9.97 Å². The number of nitrogens with one attached hydrogen (secondary N) is 2. The summed E-state index contributed by atoms with van der Waals surface area (Å²) in [7, 11) is 1.36. The lowest BCUT2D eigenvalue weighted by atomic mass is 10.1. The molecule has 0 atom stereocenters. The average Bonchev–Trinajstić information content (AvgIpc) is 2.70. The minimum absolute atomic E-state index is 0.365. The van der Waals surface area contributed by atoms with Crippen molar-refractivity contribution in [1.29, 1.82) is 0 Å². The minimum atomic E-state index is -0.365. The number of carbonyl (C=O) groups is 1. The van der Waals surface area contributed by atoms with Crippen molar-refractivity contribution in [3.05, 3.63) is 76.9 Å². The minimum Gasteiger partial charge on any atom is -0.465 e. The molecule has 6 nitrogen and oxygen atoms in total. The van der Waals surface area contributed by atoms with Crippen LogP contribution in [0.2, 0.25) is 5.02 Å². The van der Waals surface area contributed by atoms with E-state index in [0.29, 0.717) is 23.9 Å². The number of ether oxygens (including phenoxy) is 1. The van der Waals surface area contributed by atoms with Gasteiger partial charge in [-0.2, -0.15) is 4.98 Å². The second-order valence-corrected chi connectivity index (χ2v) is 6.20. The third-order valence-corrected chi connectivity index (χ3v) is 4.10. The molecule has 2 N–H and O–H groups in total. The first-order valence-corrected chi connectivity index (χ1v) is 8.78. The van der Waals surface area contributed by atoms with Crippen LogP contribution in [0.3, 0.4) is 0 Å². The van der Waals surface area contributed by atoms with Gasteiger partial charge in [0.15, 0.2) is 0 Å².